The number of fused-ring (bicyclic) bond motifs is 2. The van der Waals surface area contributed by atoms with Crippen LogP contribution in [0, 0.1) is 13.8 Å². The molecule has 0 nitrogen and oxygen atoms in total. The molecule has 5 rings (SSSR count). The molecule has 0 heteroatoms. The molecule has 0 fully saturated rings. The van der Waals surface area contributed by atoms with Gasteiger partial charge in [0.25, 0.3) is 0 Å². The first-order chi connectivity index (χ1) is 18.5. The number of rotatable bonds is 2. The Labute approximate surface area is 234 Å². The predicted molar refractivity (Wildman–Crippen MR) is 176 cm³/mol. The van der Waals surface area contributed by atoms with Crippen molar-refractivity contribution in [3.05, 3.63) is 132 Å². The second-order valence-electron chi connectivity index (χ2n) is 8.85. The third-order valence-corrected chi connectivity index (χ3v) is 5.50. The van der Waals surface area contributed by atoms with Gasteiger partial charge in [-0.25, -0.2) is 0 Å². The molecule has 5 aromatic carbocycles. The van der Waals surface area contributed by atoms with E-state index in [1.54, 1.807) is 0 Å². The summed E-state index contributed by atoms with van der Waals surface area (Å²) in [6, 6.07) is 41.9. The first-order valence-electron chi connectivity index (χ1n) is 14.5. The Morgan fingerprint density at radius 3 is 0.974 bits per heavy atom. The SMILES string of the molecule is CC.CCCC.CCCC.Cc1ccc2ccccc2c1.Cc1ccccc1.c1ccc2ccccc2c1. The molecule has 0 atom stereocenters. The average molecular weight is 509 g/mol. The van der Waals surface area contributed by atoms with E-state index in [4.69, 9.17) is 0 Å². The fourth-order valence-electron chi connectivity index (χ4n) is 2.98. The molecule has 204 valence electrons. The zero-order chi connectivity index (χ0) is 28.4. The van der Waals surface area contributed by atoms with Crippen molar-refractivity contribution < 1.29 is 0 Å². The number of hydrogen-bond donors (Lipinski definition) is 0. The monoisotopic (exact) mass is 508 g/mol. The van der Waals surface area contributed by atoms with Crippen LogP contribution >= 0.6 is 0 Å². The van der Waals surface area contributed by atoms with Crippen LogP contribution in [0.2, 0.25) is 0 Å². The molecule has 0 heterocycles. The summed E-state index contributed by atoms with van der Waals surface area (Å²) in [5.41, 5.74) is 2.64. The number of unbranched alkanes of at least 4 members (excludes halogenated alkanes) is 2. The smallest absolute Gasteiger partial charge is 0.0181 e. The third-order valence-electron chi connectivity index (χ3n) is 5.50. The van der Waals surface area contributed by atoms with Crippen molar-refractivity contribution in [3.8, 4) is 0 Å². The minimum atomic E-state index is 1.31. The zero-order valence-corrected chi connectivity index (χ0v) is 25.4. The van der Waals surface area contributed by atoms with Crippen LogP contribution in [0.5, 0.6) is 0 Å². The fraction of sp³-hybridized carbons (Fsp3) is 0.316. The van der Waals surface area contributed by atoms with Gasteiger partial charge in [-0.05, 0) is 35.4 Å². The molecule has 0 aliphatic carbocycles. The molecule has 5 aromatic rings. The van der Waals surface area contributed by atoms with Gasteiger partial charge in [0.2, 0.25) is 0 Å². The minimum absolute atomic E-state index is 1.31. The van der Waals surface area contributed by atoms with E-state index in [-0.39, 0.29) is 0 Å². The van der Waals surface area contributed by atoms with Crippen molar-refractivity contribution in [1.29, 1.82) is 0 Å². The normalized spacial score (nSPS) is 8.95. The molecular formula is C38H52. The third kappa shape index (κ3) is 16.4. The largest absolute Gasteiger partial charge is 0.0683 e. The van der Waals surface area contributed by atoms with E-state index in [0.717, 1.165) is 0 Å². The van der Waals surface area contributed by atoms with Crippen molar-refractivity contribution in [1.82, 2.24) is 0 Å². The summed E-state index contributed by atoms with van der Waals surface area (Å²) in [7, 11) is 0. The summed E-state index contributed by atoms with van der Waals surface area (Å²) in [5.74, 6) is 0. The van der Waals surface area contributed by atoms with Crippen LogP contribution < -0.4 is 0 Å². The van der Waals surface area contributed by atoms with Crippen LogP contribution in [0.25, 0.3) is 21.5 Å². The van der Waals surface area contributed by atoms with Crippen LogP contribution in [0.1, 0.15) is 78.4 Å². The van der Waals surface area contributed by atoms with Gasteiger partial charge in [-0.2, -0.15) is 0 Å². The molecule has 0 saturated carbocycles. The maximum absolute atomic E-state index is 2.20. The highest BCUT2D eigenvalue weighted by atomic mass is 13.9. The van der Waals surface area contributed by atoms with Gasteiger partial charge in [-0.15, -0.1) is 0 Å². The Balaban J connectivity index is 0.000000469. The topological polar surface area (TPSA) is 0 Å². The van der Waals surface area contributed by atoms with Gasteiger partial charge in [0.1, 0.15) is 0 Å². The molecule has 0 aliphatic rings. The van der Waals surface area contributed by atoms with Gasteiger partial charge in [0.15, 0.2) is 0 Å². The van der Waals surface area contributed by atoms with E-state index in [0.29, 0.717) is 0 Å². The van der Waals surface area contributed by atoms with E-state index < -0.39 is 0 Å². The maximum Gasteiger partial charge on any atom is -0.0181 e. The predicted octanol–water partition coefficient (Wildman–Crippen LogP) is 12.6. The highest BCUT2D eigenvalue weighted by Gasteiger charge is 1.89. The van der Waals surface area contributed by atoms with Gasteiger partial charge in [-0.3, -0.25) is 0 Å². The van der Waals surface area contributed by atoms with Gasteiger partial charge < -0.3 is 0 Å². The van der Waals surface area contributed by atoms with Crippen molar-refractivity contribution >= 4 is 21.5 Å². The molecule has 38 heavy (non-hydrogen) atoms. The lowest BCUT2D eigenvalue weighted by molar-refractivity contribution is 0.886. The summed E-state index contributed by atoms with van der Waals surface area (Å²) >= 11 is 0. The molecule has 0 radical (unpaired) electrons. The van der Waals surface area contributed by atoms with Crippen LogP contribution in [-0.2, 0) is 0 Å². The van der Waals surface area contributed by atoms with Crippen LogP contribution in [0.3, 0.4) is 0 Å². The summed E-state index contributed by atoms with van der Waals surface area (Å²) < 4.78 is 0. The lowest BCUT2D eigenvalue weighted by Crippen LogP contribution is -1.73. The standard InChI is InChI=1S/C11H10.C10H8.C7H8.2C4H10.C2H6/c1-9-6-7-10-4-2-3-5-11(10)8-9;1-2-6-10-8-4-3-7-9(10)5-1;1-7-5-3-2-4-6-7;2*1-3-4-2;1-2/h2-8H,1H3;1-8H;2-6H,1H3;2*3-4H2,1-2H3;1-2H3. The Bertz CT molecular complexity index is 1110. The van der Waals surface area contributed by atoms with Crippen LogP contribution in [0.4, 0.5) is 0 Å². The second-order valence-corrected chi connectivity index (χ2v) is 8.85. The summed E-state index contributed by atoms with van der Waals surface area (Å²) in [4.78, 5) is 0. The molecule has 0 spiro atoms. The van der Waals surface area contributed by atoms with Crippen molar-refractivity contribution in [2.24, 2.45) is 0 Å². The van der Waals surface area contributed by atoms with E-state index >= 15 is 0 Å². The lowest BCUT2D eigenvalue weighted by Gasteiger charge is -1.96. The summed E-state index contributed by atoms with van der Waals surface area (Å²) in [5, 5.41) is 5.26. The van der Waals surface area contributed by atoms with Crippen LogP contribution in [-0.4, -0.2) is 0 Å². The van der Waals surface area contributed by atoms with E-state index in [1.807, 2.05) is 32.0 Å². The number of aryl methyl sites for hydroxylation is 2. The number of hydrogen-bond acceptors (Lipinski definition) is 0. The minimum Gasteiger partial charge on any atom is -0.0683 e. The van der Waals surface area contributed by atoms with E-state index in [2.05, 4.69) is 145 Å². The molecule has 0 saturated heterocycles. The van der Waals surface area contributed by atoms with Crippen molar-refractivity contribution in [3.63, 3.8) is 0 Å². The first-order valence-corrected chi connectivity index (χ1v) is 14.5. The lowest BCUT2D eigenvalue weighted by atomic mass is 10.1. The van der Waals surface area contributed by atoms with Crippen molar-refractivity contribution in [2.45, 2.75) is 81.1 Å². The second kappa shape index (κ2) is 24.0. The van der Waals surface area contributed by atoms with Gasteiger partial charge in [0, 0.05) is 0 Å². The highest BCUT2D eigenvalue weighted by Crippen LogP contribution is 2.14. The molecule has 0 unspecified atom stereocenters. The van der Waals surface area contributed by atoms with Gasteiger partial charge >= 0.3 is 0 Å². The Hall–Kier alpha value is -3.38. The molecule has 0 aromatic heterocycles. The number of benzene rings is 5. The first kappa shape index (κ1) is 34.6. The quantitative estimate of drug-likeness (QED) is 0.222. The summed E-state index contributed by atoms with van der Waals surface area (Å²) in [6.45, 7) is 16.9. The van der Waals surface area contributed by atoms with E-state index in [1.165, 1.54) is 58.4 Å². The zero-order valence-electron chi connectivity index (χ0n) is 25.4. The van der Waals surface area contributed by atoms with Gasteiger partial charge in [-0.1, -0.05) is 200 Å². The molecule has 0 N–H and O–H groups in total. The summed E-state index contributed by atoms with van der Waals surface area (Å²) in [6.07, 6.45) is 5.28. The molecule has 0 bridgehead atoms. The van der Waals surface area contributed by atoms with Crippen LogP contribution in [0.15, 0.2) is 121 Å². The maximum atomic E-state index is 2.20. The Kier molecular flexibility index (Phi) is 21.9. The van der Waals surface area contributed by atoms with Crippen molar-refractivity contribution in [2.75, 3.05) is 0 Å². The fourth-order valence-corrected chi connectivity index (χ4v) is 2.98. The average Bonchev–Trinajstić information content (AvgIpc) is 2.99. The molecular weight excluding hydrogens is 456 g/mol. The Morgan fingerprint density at radius 2 is 0.658 bits per heavy atom. The Morgan fingerprint density at radius 1 is 0.342 bits per heavy atom. The highest BCUT2D eigenvalue weighted by molar-refractivity contribution is 5.83. The molecule has 0 aliphatic heterocycles. The molecule has 0 amide bonds. The van der Waals surface area contributed by atoms with Gasteiger partial charge in [0.05, 0.1) is 0 Å². The van der Waals surface area contributed by atoms with E-state index in [9.17, 15) is 0 Å².